The summed E-state index contributed by atoms with van der Waals surface area (Å²) in [6.07, 6.45) is 8.23. The van der Waals surface area contributed by atoms with Crippen LogP contribution in [0.15, 0.2) is 0 Å². The average Bonchev–Trinajstić information content (AvgIpc) is 2.95. The maximum Gasteiger partial charge on any atom is 0.107 e. The summed E-state index contributed by atoms with van der Waals surface area (Å²) in [5.41, 5.74) is 1.38. The Balaban J connectivity index is 1.63. The average molecular weight is 324 g/mol. The molecule has 0 saturated carbocycles. The number of fused-ring (bicyclic) bond motifs is 1. The van der Waals surface area contributed by atoms with Crippen molar-refractivity contribution in [2.75, 3.05) is 33.4 Å². The third-order valence-corrected chi connectivity index (χ3v) is 6.30. The lowest BCUT2D eigenvalue weighted by Gasteiger charge is -2.41. The van der Waals surface area contributed by atoms with Crippen LogP contribution >= 0.6 is 11.3 Å². The summed E-state index contributed by atoms with van der Waals surface area (Å²) in [5, 5.41) is 11.2. The molecule has 1 aromatic rings. The minimum atomic E-state index is 0.0190. The summed E-state index contributed by atoms with van der Waals surface area (Å²) < 4.78 is 5.24. The molecule has 2 heterocycles. The molecule has 1 aliphatic carbocycles. The number of aliphatic hydroxyl groups is 1. The van der Waals surface area contributed by atoms with Gasteiger partial charge in [0.2, 0.25) is 0 Å². The van der Waals surface area contributed by atoms with Gasteiger partial charge in [-0.25, -0.2) is 4.98 Å². The summed E-state index contributed by atoms with van der Waals surface area (Å²) in [6, 6.07) is 0. The van der Waals surface area contributed by atoms with Crippen molar-refractivity contribution in [3.63, 3.8) is 0 Å². The first-order valence-electron chi connectivity index (χ1n) is 8.54. The van der Waals surface area contributed by atoms with Gasteiger partial charge >= 0.3 is 0 Å². The van der Waals surface area contributed by atoms with Crippen LogP contribution in [0, 0.1) is 5.41 Å². The molecule has 1 aromatic heterocycles. The molecule has 1 atom stereocenters. The second-order valence-corrected chi connectivity index (χ2v) is 8.07. The number of aromatic nitrogens is 1. The maximum absolute atomic E-state index is 9.89. The second-order valence-electron chi connectivity index (χ2n) is 6.90. The molecular formula is C17H28N2O2S. The predicted octanol–water partition coefficient (Wildman–Crippen LogP) is 2.63. The monoisotopic (exact) mass is 324 g/mol. The fraction of sp³-hybridized carbons (Fsp3) is 0.824. The molecule has 4 nitrogen and oxygen atoms in total. The molecule has 0 spiro atoms. The van der Waals surface area contributed by atoms with E-state index in [0.717, 1.165) is 45.5 Å². The van der Waals surface area contributed by atoms with Gasteiger partial charge in [0.15, 0.2) is 0 Å². The zero-order valence-electron chi connectivity index (χ0n) is 13.6. The largest absolute Gasteiger partial charge is 0.396 e. The molecule has 1 saturated heterocycles. The molecule has 0 radical (unpaired) electrons. The lowest BCUT2D eigenvalue weighted by Crippen LogP contribution is -2.45. The van der Waals surface area contributed by atoms with E-state index in [1.807, 2.05) is 11.3 Å². The molecule has 0 aromatic carbocycles. The summed E-state index contributed by atoms with van der Waals surface area (Å²) >= 11 is 1.91. The van der Waals surface area contributed by atoms with Crippen LogP contribution in [0.2, 0.25) is 0 Å². The van der Waals surface area contributed by atoms with E-state index in [9.17, 15) is 5.11 Å². The van der Waals surface area contributed by atoms with Gasteiger partial charge in [-0.2, -0.15) is 0 Å². The number of aliphatic hydroxyl groups excluding tert-OH is 1. The van der Waals surface area contributed by atoms with Crippen LogP contribution in [0.5, 0.6) is 0 Å². The first-order valence-corrected chi connectivity index (χ1v) is 9.36. The zero-order valence-corrected chi connectivity index (χ0v) is 14.5. The molecule has 0 bridgehead atoms. The first-order chi connectivity index (χ1) is 10.7. The lowest BCUT2D eigenvalue weighted by atomic mass is 9.78. The smallest absolute Gasteiger partial charge is 0.107 e. The molecule has 0 unspecified atom stereocenters. The number of rotatable bonds is 6. The fourth-order valence-corrected chi connectivity index (χ4v) is 5.04. The Bertz CT molecular complexity index is 468. The van der Waals surface area contributed by atoms with Gasteiger partial charge in [0, 0.05) is 30.6 Å². The van der Waals surface area contributed by atoms with Crippen molar-refractivity contribution in [2.24, 2.45) is 5.41 Å². The lowest BCUT2D eigenvalue weighted by molar-refractivity contribution is 0.00473. The van der Waals surface area contributed by atoms with Gasteiger partial charge in [-0.05, 0) is 51.5 Å². The molecule has 3 rings (SSSR count). The SMILES string of the molecule is COCC[C@@]1(CO)CCCN(Cc2nc3c(s2)CCCC3)C1. The van der Waals surface area contributed by atoms with E-state index in [-0.39, 0.29) is 12.0 Å². The molecule has 1 aliphatic heterocycles. The van der Waals surface area contributed by atoms with Crippen LogP contribution in [0.1, 0.15) is 47.7 Å². The number of aryl methyl sites for hydroxylation is 2. The third-order valence-electron chi connectivity index (χ3n) is 5.16. The van der Waals surface area contributed by atoms with E-state index >= 15 is 0 Å². The number of nitrogens with zero attached hydrogens (tertiary/aromatic N) is 2. The van der Waals surface area contributed by atoms with Crippen molar-refractivity contribution >= 4 is 11.3 Å². The summed E-state index contributed by atoms with van der Waals surface area (Å²) in [6.45, 7) is 4.05. The van der Waals surface area contributed by atoms with Crippen molar-refractivity contribution < 1.29 is 9.84 Å². The number of hydrogen-bond acceptors (Lipinski definition) is 5. The Morgan fingerprint density at radius 3 is 2.95 bits per heavy atom. The maximum atomic E-state index is 9.89. The van der Waals surface area contributed by atoms with E-state index < -0.39 is 0 Å². The molecule has 1 N–H and O–H groups in total. The van der Waals surface area contributed by atoms with Gasteiger partial charge in [-0.15, -0.1) is 11.3 Å². The highest BCUT2D eigenvalue weighted by atomic mass is 32.1. The van der Waals surface area contributed by atoms with Crippen LogP contribution in [0.4, 0.5) is 0 Å². The highest BCUT2D eigenvalue weighted by Crippen LogP contribution is 2.34. The Kier molecular flexibility index (Phi) is 5.50. The van der Waals surface area contributed by atoms with Crippen molar-refractivity contribution in [3.8, 4) is 0 Å². The molecule has 2 aliphatic rings. The standard InChI is InChI=1S/C17H28N2O2S/c1-21-10-8-17(13-20)7-4-9-19(12-17)11-16-18-14-5-2-3-6-15(14)22-16/h20H,2-13H2,1H3/t17-/m0/s1. The topological polar surface area (TPSA) is 45.6 Å². The Labute approximate surface area is 137 Å². The highest BCUT2D eigenvalue weighted by molar-refractivity contribution is 7.11. The first kappa shape index (κ1) is 16.4. The molecule has 0 amide bonds. The van der Waals surface area contributed by atoms with E-state index in [4.69, 9.17) is 9.72 Å². The summed E-state index contributed by atoms with van der Waals surface area (Å²) in [5.74, 6) is 0. The van der Waals surface area contributed by atoms with Crippen molar-refractivity contribution in [2.45, 2.75) is 51.5 Å². The number of thiazole rings is 1. The molecule has 22 heavy (non-hydrogen) atoms. The Morgan fingerprint density at radius 2 is 2.18 bits per heavy atom. The van der Waals surface area contributed by atoms with Crippen LogP contribution in [-0.4, -0.2) is 48.4 Å². The van der Waals surface area contributed by atoms with Crippen molar-refractivity contribution in [1.82, 2.24) is 9.88 Å². The predicted molar refractivity (Wildman–Crippen MR) is 89.3 cm³/mol. The minimum absolute atomic E-state index is 0.0190. The highest BCUT2D eigenvalue weighted by Gasteiger charge is 2.35. The van der Waals surface area contributed by atoms with Gasteiger partial charge in [0.05, 0.1) is 18.8 Å². The van der Waals surface area contributed by atoms with E-state index in [2.05, 4.69) is 4.90 Å². The summed E-state index contributed by atoms with van der Waals surface area (Å²) in [4.78, 5) is 8.88. The number of hydrogen-bond donors (Lipinski definition) is 1. The van der Waals surface area contributed by atoms with Crippen LogP contribution in [0.25, 0.3) is 0 Å². The molecule has 124 valence electrons. The third kappa shape index (κ3) is 3.70. The molecule has 5 heteroatoms. The van der Waals surface area contributed by atoms with Crippen LogP contribution in [0.3, 0.4) is 0 Å². The van der Waals surface area contributed by atoms with Gasteiger partial charge in [-0.1, -0.05) is 0 Å². The van der Waals surface area contributed by atoms with E-state index in [0.29, 0.717) is 0 Å². The fourth-order valence-electron chi connectivity index (χ4n) is 3.84. The van der Waals surface area contributed by atoms with Crippen molar-refractivity contribution in [1.29, 1.82) is 0 Å². The molecular weight excluding hydrogens is 296 g/mol. The van der Waals surface area contributed by atoms with Crippen LogP contribution < -0.4 is 0 Å². The van der Waals surface area contributed by atoms with E-state index in [1.54, 1.807) is 7.11 Å². The number of likely N-dealkylation sites (tertiary alicyclic amines) is 1. The van der Waals surface area contributed by atoms with E-state index in [1.165, 1.54) is 41.3 Å². The van der Waals surface area contributed by atoms with Gasteiger partial charge in [-0.3, -0.25) is 4.90 Å². The zero-order chi connectivity index (χ0) is 15.4. The Morgan fingerprint density at radius 1 is 1.32 bits per heavy atom. The Hall–Kier alpha value is -0.490. The van der Waals surface area contributed by atoms with Gasteiger partial charge in [0.1, 0.15) is 5.01 Å². The number of piperidine rings is 1. The number of ether oxygens (including phenoxy) is 1. The quantitative estimate of drug-likeness (QED) is 0.874. The molecule has 1 fully saturated rings. The minimum Gasteiger partial charge on any atom is -0.396 e. The van der Waals surface area contributed by atoms with Gasteiger partial charge in [0.25, 0.3) is 0 Å². The van der Waals surface area contributed by atoms with Gasteiger partial charge < -0.3 is 9.84 Å². The second kappa shape index (κ2) is 7.39. The summed E-state index contributed by atoms with van der Waals surface area (Å²) in [7, 11) is 1.74. The van der Waals surface area contributed by atoms with Crippen molar-refractivity contribution in [3.05, 3.63) is 15.6 Å². The number of methoxy groups -OCH3 is 1. The van der Waals surface area contributed by atoms with Crippen LogP contribution in [-0.2, 0) is 24.1 Å². The normalized spacial score (nSPS) is 26.1.